The van der Waals surface area contributed by atoms with Crippen LogP contribution in [-0.2, 0) is 20.0 Å². The van der Waals surface area contributed by atoms with Gasteiger partial charge in [0.25, 0.3) is 5.56 Å². The zero-order valence-electron chi connectivity index (χ0n) is 22.7. The molecule has 0 aliphatic rings. The highest BCUT2D eigenvalue weighted by molar-refractivity contribution is 7.92. The van der Waals surface area contributed by atoms with E-state index < -0.39 is 20.0 Å². The number of aromatic nitrogens is 8. The summed E-state index contributed by atoms with van der Waals surface area (Å²) < 4.78 is 49.7. The summed E-state index contributed by atoms with van der Waals surface area (Å²) in [5.74, 6) is 0.474. The number of nitrogens with one attached hydrogen (secondary N) is 7. The Morgan fingerprint density at radius 3 is 1.82 bits per heavy atom. The van der Waals surface area contributed by atoms with Crippen molar-refractivity contribution < 1.29 is 16.8 Å². The van der Waals surface area contributed by atoms with Crippen LogP contribution in [0.2, 0.25) is 5.15 Å². The van der Waals surface area contributed by atoms with Gasteiger partial charge in [-0.15, -0.1) is 0 Å². The van der Waals surface area contributed by atoms with E-state index in [1.54, 1.807) is 48.5 Å². The van der Waals surface area contributed by atoms with Gasteiger partial charge in [-0.1, -0.05) is 23.7 Å². The number of benzene rings is 2. The van der Waals surface area contributed by atoms with Crippen molar-refractivity contribution in [1.82, 2.24) is 39.9 Å². The number of fused-ring (bicyclic) bond motifs is 2. The fourth-order valence-corrected chi connectivity index (χ4v) is 5.10. The summed E-state index contributed by atoms with van der Waals surface area (Å²) >= 11 is 6.03. The van der Waals surface area contributed by atoms with Crippen molar-refractivity contribution in [3.05, 3.63) is 76.7 Å². The molecular weight excluding hydrogens is 636 g/mol. The lowest BCUT2D eigenvalue weighted by Crippen LogP contribution is -2.12. The van der Waals surface area contributed by atoms with Crippen molar-refractivity contribution in [2.45, 2.75) is 0 Å². The molecule has 0 amide bonds. The van der Waals surface area contributed by atoms with Gasteiger partial charge >= 0.3 is 0 Å². The average Bonchev–Trinajstić information content (AvgIpc) is 3.58. The van der Waals surface area contributed by atoms with E-state index in [2.05, 4.69) is 59.9 Å². The van der Waals surface area contributed by atoms with E-state index in [-0.39, 0.29) is 33.8 Å². The lowest BCUT2D eigenvalue weighted by Gasteiger charge is -2.08. The van der Waals surface area contributed by atoms with Crippen molar-refractivity contribution in [3.63, 3.8) is 0 Å². The lowest BCUT2D eigenvalue weighted by atomic mass is 10.3. The molecule has 0 bridgehead atoms. The minimum Gasteiger partial charge on any atom is -0.341 e. The van der Waals surface area contributed by atoms with Crippen LogP contribution in [-0.4, -0.2) is 69.2 Å². The maximum absolute atomic E-state index is 11.8. The molecule has 0 aliphatic heterocycles. The number of nitrogens with zero attached hydrogens (tertiary/aromatic N) is 5. The van der Waals surface area contributed by atoms with Gasteiger partial charge < -0.3 is 20.6 Å². The zero-order valence-corrected chi connectivity index (χ0v) is 25.1. The van der Waals surface area contributed by atoms with Crippen LogP contribution in [0.4, 0.5) is 34.6 Å². The van der Waals surface area contributed by atoms with Gasteiger partial charge in [-0.05, 0) is 36.4 Å². The van der Waals surface area contributed by atoms with Crippen LogP contribution in [0.3, 0.4) is 0 Å². The van der Waals surface area contributed by atoms with Gasteiger partial charge in [-0.2, -0.15) is 15.0 Å². The summed E-state index contributed by atoms with van der Waals surface area (Å²) in [6, 6.07) is 13.3. The molecule has 4 heterocycles. The predicted octanol–water partition coefficient (Wildman–Crippen LogP) is 2.88. The molecule has 228 valence electrons. The third-order valence-corrected chi connectivity index (χ3v) is 6.87. The topological polar surface area (TPSA) is 245 Å². The van der Waals surface area contributed by atoms with E-state index in [9.17, 15) is 21.6 Å². The summed E-state index contributed by atoms with van der Waals surface area (Å²) in [7, 11) is -6.70. The largest absolute Gasteiger partial charge is 0.341 e. The highest BCUT2D eigenvalue weighted by Gasteiger charge is 2.10. The summed E-state index contributed by atoms with van der Waals surface area (Å²) in [6.45, 7) is 0. The number of rotatable bonds is 8. The van der Waals surface area contributed by atoms with Crippen LogP contribution in [0.5, 0.6) is 0 Å². The SMILES string of the molecule is CS(=O)(=O)Nc1cccc(Nc2nc(Cl)c3[nH]cnc3n2)c1.CS(=O)(=O)Nc1cccc(Nc2nc3nc[nH]c3c(=O)[nH]2)c1. The van der Waals surface area contributed by atoms with E-state index in [0.29, 0.717) is 33.9 Å². The normalized spacial score (nSPS) is 11.5. The number of imidazole rings is 2. The number of hydrogen-bond acceptors (Lipinski definition) is 12. The Morgan fingerprint density at radius 2 is 1.23 bits per heavy atom. The van der Waals surface area contributed by atoms with E-state index in [4.69, 9.17) is 11.6 Å². The maximum Gasteiger partial charge on any atom is 0.278 e. The first-order valence-corrected chi connectivity index (χ1v) is 16.5. The first kappa shape index (κ1) is 30.2. The Hall–Kier alpha value is -5.27. The first-order chi connectivity index (χ1) is 20.8. The van der Waals surface area contributed by atoms with E-state index in [0.717, 1.165) is 12.5 Å². The Balaban J connectivity index is 0.000000175. The van der Waals surface area contributed by atoms with Crippen LogP contribution in [0.25, 0.3) is 22.3 Å². The van der Waals surface area contributed by atoms with E-state index >= 15 is 0 Å². The molecule has 6 rings (SSSR count). The van der Waals surface area contributed by atoms with Crippen LogP contribution < -0.4 is 25.6 Å². The van der Waals surface area contributed by atoms with Crippen molar-refractivity contribution in [2.24, 2.45) is 0 Å². The minimum absolute atomic E-state index is 0.209. The predicted molar refractivity (Wildman–Crippen MR) is 168 cm³/mol. The molecule has 7 N–H and O–H groups in total. The van der Waals surface area contributed by atoms with Crippen molar-refractivity contribution in [1.29, 1.82) is 0 Å². The number of hydrogen-bond donors (Lipinski definition) is 7. The number of H-pyrrole nitrogens is 3. The fourth-order valence-electron chi connectivity index (χ4n) is 3.77. The lowest BCUT2D eigenvalue weighted by molar-refractivity contribution is 0.605. The van der Waals surface area contributed by atoms with E-state index in [1.165, 1.54) is 12.7 Å². The van der Waals surface area contributed by atoms with Gasteiger partial charge in [0, 0.05) is 11.4 Å². The second-order valence-corrected chi connectivity index (χ2v) is 13.0. The fraction of sp³-hybridized carbons (Fsp3) is 0.0833. The molecule has 0 aliphatic carbocycles. The van der Waals surface area contributed by atoms with Crippen LogP contribution in [0.15, 0.2) is 66.0 Å². The Bertz CT molecular complexity index is 2250. The first-order valence-electron chi connectivity index (χ1n) is 12.3. The Kier molecular flexibility index (Phi) is 8.34. The summed E-state index contributed by atoms with van der Waals surface area (Å²) in [5, 5.41) is 6.10. The molecule has 0 saturated carbocycles. The molecule has 17 nitrogen and oxygen atoms in total. The molecule has 4 aromatic heterocycles. The molecule has 6 aromatic rings. The molecule has 0 atom stereocenters. The number of anilines is 6. The quantitative estimate of drug-likeness (QED) is 0.117. The average molecular weight is 659 g/mol. The van der Waals surface area contributed by atoms with Crippen LogP contribution in [0, 0.1) is 0 Å². The molecule has 0 unspecified atom stereocenters. The molecule has 2 aromatic carbocycles. The summed E-state index contributed by atoms with van der Waals surface area (Å²) in [5.41, 5.74) is 3.22. The Morgan fingerprint density at radius 1 is 0.705 bits per heavy atom. The Labute approximate surface area is 254 Å². The number of aromatic amines is 3. The zero-order chi connectivity index (χ0) is 31.5. The third kappa shape index (κ3) is 7.96. The highest BCUT2D eigenvalue weighted by atomic mass is 35.5. The van der Waals surface area contributed by atoms with Gasteiger partial charge in [-0.25, -0.2) is 26.8 Å². The van der Waals surface area contributed by atoms with Gasteiger partial charge in [-0.3, -0.25) is 19.2 Å². The van der Waals surface area contributed by atoms with Crippen molar-refractivity contribution in [3.8, 4) is 0 Å². The van der Waals surface area contributed by atoms with Crippen molar-refractivity contribution >= 4 is 88.6 Å². The number of sulfonamides is 2. The second-order valence-electron chi connectivity index (χ2n) is 9.11. The molecule has 20 heteroatoms. The highest BCUT2D eigenvalue weighted by Crippen LogP contribution is 2.23. The smallest absolute Gasteiger partial charge is 0.278 e. The van der Waals surface area contributed by atoms with Gasteiger partial charge in [0.2, 0.25) is 31.9 Å². The van der Waals surface area contributed by atoms with Crippen molar-refractivity contribution in [2.75, 3.05) is 32.6 Å². The molecule has 0 spiro atoms. The molecule has 0 radical (unpaired) electrons. The second kappa shape index (κ2) is 12.1. The maximum atomic E-state index is 11.8. The summed E-state index contributed by atoms with van der Waals surface area (Å²) in [6.07, 6.45) is 5.01. The summed E-state index contributed by atoms with van der Waals surface area (Å²) in [4.78, 5) is 40.3. The molecular formula is C24H23ClN12O5S2. The van der Waals surface area contributed by atoms with Gasteiger partial charge in [0.1, 0.15) is 5.52 Å². The van der Waals surface area contributed by atoms with Crippen LogP contribution >= 0.6 is 11.6 Å². The molecule has 0 fully saturated rings. The molecule has 44 heavy (non-hydrogen) atoms. The third-order valence-electron chi connectivity index (χ3n) is 5.39. The van der Waals surface area contributed by atoms with Gasteiger partial charge in [0.15, 0.2) is 22.0 Å². The standard InChI is InChI=1S/C12H11ClN6O2S.C12H12N6O3S/c1-22(20,21)19-8-4-2-3-7(5-8)16-12-17-10(13)9-11(18-12)15-6-14-9;1-22(20,21)18-8-4-2-3-7(5-8)15-12-16-10-9(11(19)17-12)13-6-14-10/h2-6,19H,1H3,(H2,14,15,16,17,18);2-6,18H,1H3,(H3,13,14,15,16,17,19). The van der Waals surface area contributed by atoms with Crippen LogP contribution in [0.1, 0.15) is 0 Å². The monoisotopic (exact) mass is 658 g/mol. The molecule has 0 saturated heterocycles. The number of halogens is 1. The van der Waals surface area contributed by atoms with E-state index in [1.807, 2.05) is 0 Å². The van der Waals surface area contributed by atoms with Gasteiger partial charge in [0.05, 0.1) is 36.5 Å². The minimum atomic E-state index is -3.36.